The highest BCUT2D eigenvalue weighted by Crippen LogP contribution is 2.09. The summed E-state index contributed by atoms with van der Waals surface area (Å²) in [6.45, 7) is 0.413. The van der Waals surface area contributed by atoms with Gasteiger partial charge in [0.05, 0.1) is 6.54 Å². The quantitative estimate of drug-likeness (QED) is 0.380. The Bertz CT molecular complexity index is 297. The third-order valence-corrected chi connectivity index (χ3v) is 1.71. The molecule has 0 aromatic heterocycles. The van der Waals surface area contributed by atoms with Crippen LogP contribution in [0, 0.1) is 0 Å². The van der Waals surface area contributed by atoms with Crippen LogP contribution in [0.25, 0.3) is 0 Å². The zero-order valence-corrected chi connectivity index (χ0v) is 7.62. The lowest BCUT2D eigenvalue weighted by Gasteiger charge is -1.98. The van der Waals surface area contributed by atoms with E-state index in [2.05, 4.69) is 4.99 Å². The van der Waals surface area contributed by atoms with Gasteiger partial charge in [-0.25, -0.2) is 10.5 Å². The minimum Gasteiger partial charge on any atom is -0.368 e. The zero-order chi connectivity index (χ0) is 9.68. The van der Waals surface area contributed by atoms with Crippen LogP contribution < -0.4 is 11.2 Å². The van der Waals surface area contributed by atoms with Crippen molar-refractivity contribution in [2.75, 3.05) is 0 Å². The van der Waals surface area contributed by atoms with Gasteiger partial charge in [0.1, 0.15) is 0 Å². The van der Waals surface area contributed by atoms with Crippen molar-refractivity contribution in [2.24, 2.45) is 10.7 Å². The number of nitrogens with one attached hydrogen (secondary N) is 1. The molecule has 0 atom stereocenters. The molecular formula is C8H10ClN3O. The van der Waals surface area contributed by atoms with Gasteiger partial charge in [0.25, 0.3) is 0 Å². The maximum absolute atomic E-state index is 8.33. The maximum atomic E-state index is 8.33. The summed E-state index contributed by atoms with van der Waals surface area (Å²) in [6, 6.07) is 7.23. The van der Waals surface area contributed by atoms with E-state index in [1.807, 2.05) is 12.1 Å². The van der Waals surface area contributed by atoms with E-state index in [0.29, 0.717) is 11.6 Å². The summed E-state index contributed by atoms with van der Waals surface area (Å²) in [6.07, 6.45) is 0. The molecule has 4 nitrogen and oxygen atoms in total. The number of aliphatic imine (C=N–C) groups is 1. The Morgan fingerprint density at radius 2 is 2.08 bits per heavy atom. The largest absolute Gasteiger partial charge is 0.368 e. The summed E-state index contributed by atoms with van der Waals surface area (Å²) in [7, 11) is 0. The van der Waals surface area contributed by atoms with Crippen LogP contribution >= 0.6 is 11.6 Å². The molecule has 0 amide bonds. The van der Waals surface area contributed by atoms with Gasteiger partial charge in [-0.3, -0.25) is 5.21 Å². The number of halogens is 1. The van der Waals surface area contributed by atoms with Gasteiger partial charge >= 0.3 is 0 Å². The average Bonchev–Trinajstić information content (AvgIpc) is 2.16. The second kappa shape index (κ2) is 4.69. The average molecular weight is 200 g/mol. The molecule has 0 bridgehead atoms. The predicted molar refractivity (Wildman–Crippen MR) is 51.7 cm³/mol. The molecule has 0 fully saturated rings. The molecule has 0 spiro atoms. The van der Waals surface area contributed by atoms with Crippen molar-refractivity contribution in [1.29, 1.82) is 0 Å². The van der Waals surface area contributed by atoms with Gasteiger partial charge in [0.15, 0.2) is 0 Å². The molecule has 0 aliphatic carbocycles. The van der Waals surface area contributed by atoms with Crippen LogP contribution in [0.5, 0.6) is 0 Å². The lowest BCUT2D eigenvalue weighted by molar-refractivity contribution is 0.232. The highest BCUT2D eigenvalue weighted by atomic mass is 35.5. The third-order valence-electron chi connectivity index (χ3n) is 1.46. The number of benzene rings is 1. The summed E-state index contributed by atoms with van der Waals surface area (Å²) < 4.78 is 0. The van der Waals surface area contributed by atoms with Crippen LogP contribution in [0.4, 0.5) is 0 Å². The Morgan fingerprint density at radius 3 is 2.62 bits per heavy atom. The van der Waals surface area contributed by atoms with Crippen molar-refractivity contribution in [2.45, 2.75) is 6.54 Å². The molecule has 1 rings (SSSR count). The van der Waals surface area contributed by atoms with Crippen molar-refractivity contribution >= 4 is 17.6 Å². The fourth-order valence-electron chi connectivity index (χ4n) is 0.802. The van der Waals surface area contributed by atoms with Gasteiger partial charge in [-0.2, -0.15) is 0 Å². The standard InChI is InChI=1S/C8H10ClN3O/c9-7-3-1-6(2-4-7)5-11-8(10)12-13/h1-4,13H,5H2,(H3,10,11,12). The molecule has 0 aliphatic rings. The number of nitrogens with zero attached hydrogens (tertiary/aromatic N) is 1. The van der Waals surface area contributed by atoms with E-state index in [1.54, 1.807) is 17.6 Å². The summed E-state index contributed by atoms with van der Waals surface area (Å²) in [4.78, 5) is 3.83. The molecule has 0 saturated heterocycles. The van der Waals surface area contributed by atoms with Gasteiger partial charge < -0.3 is 5.73 Å². The topological polar surface area (TPSA) is 70.6 Å². The minimum absolute atomic E-state index is 0.00468. The van der Waals surface area contributed by atoms with Gasteiger partial charge in [-0.05, 0) is 17.7 Å². The third kappa shape index (κ3) is 3.31. The van der Waals surface area contributed by atoms with E-state index in [9.17, 15) is 0 Å². The van der Waals surface area contributed by atoms with Crippen molar-refractivity contribution in [3.63, 3.8) is 0 Å². The maximum Gasteiger partial charge on any atom is 0.213 e. The zero-order valence-electron chi connectivity index (χ0n) is 6.87. The summed E-state index contributed by atoms with van der Waals surface area (Å²) in [5.74, 6) is -0.00468. The molecular weight excluding hydrogens is 190 g/mol. The molecule has 4 N–H and O–H groups in total. The number of nitrogens with two attached hydrogens (primary N) is 1. The Balaban J connectivity index is 2.60. The van der Waals surface area contributed by atoms with Gasteiger partial charge in [-0.15, -0.1) is 0 Å². The fraction of sp³-hybridized carbons (Fsp3) is 0.125. The number of hydroxylamine groups is 1. The first-order valence-corrected chi connectivity index (χ1v) is 4.04. The van der Waals surface area contributed by atoms with E-state index in [-0.39, 0.29) is 5.96 Å². The first-order valence-electron chi connectivity index (χ1n) is 3.67. The lowest BCUT2D eigenvalue weighted by Crippen LogP contribution is -2.28. The van der Waals surface area contributed by atoms with E-state index >= 15 is 0 Å². The van der Waals surface area contributed by atoms with Crippen LogP contribution in [-0.4, -0.2) is 11.2 Å². The van der Waals surface area contributed by atoms with E-state index < -0.39 is 0 Å². The molecule has 0 radical (unpaired) electrons. The second-order valence-corrected chi connectivity index (χ2v) is 2.88. The molecule has 1 aromatic rings. The molecule has 0 heterocycles. The van der Waals surface area contributed by atoms with E-state index in [1.165, 1.54) is 0 Å². The predicted octanol–water partition coefficient (Wildman–Crippen LogP) is 1.13. The van der Waals surface area contributed by atoms with Crippen molar-refractivity contribution < 1.29 is 5.21 Å². The van der Waals surface area contributed by atoms with Crippen LogP contribution in [-0.2, 0) is 6.54 Å². The highest BCUT2D eigenvalue weighted by Gasteiger charge is 1.92. The number of hydrogen-bond donors (Lipinski definition) is 3. The normalized spacial score (nSPS) is 11.4. The van der Waals surface area contributed by atoms with Gasteiger partial charge in [0, 0.05) is 5.02 Å². The smallest absolute Gasteiger partial charge is 0.213 e. The van der Waals surface area contributed by atoms with Crippen molar-refractivity contribution in [3.8, 4) is 0 Å². The molecule has 13 heavy (non-hydrogen) atoms. The van der Waals surface area contributed by atoms with Crippen molar-refractivity contribution in [3.05, 3.63) is 34.9 Å². The minimum atomic E-state index is -0.00468. The number of hydrogen-bond acceptors (Lipinski definition) is 2. The van der Waals surface area contributed by atoms with Crippen LogP contribution in [0.2, 0.25) is 5.02 Å². The Morgan fingerprint density at radius 1 is 1.46 bits per heavy atom. The highest BCUT2D eigenvalue weighted by molar-refractivity contribution is 6.30. The Kier molecular flexibility index (Phi) is 3.54. The Labute approximate surface area is 81.0 Å². The Hall–Kier alpha value is -1.26. The molecule has 70 valence electrons. The fourth-order valence-corrected chi connectivity index (χ4v) is 0.928. The van der Waals surface area contributed by atoms with E-state index in [0.717, 1.165) is 5.56 Å². The summed E-state index contributed by atoms with van der Waals surface area (Å²) >= 11 is 5.69. The molecule has 0 aliphatic heterocycles. The molecule has 0 unspecified atom stereocenters. The first-order chi connectivity index (χ1) is 6.22. The monoisotopic (exact) mass is 199 g/mol. The van der Waals surface area contributed by atoms with Gasteiger partial charge in [0.2, 0.25) is 5.96 Å². The number of rotatable bonds is 2. The second-order valence-electron chi connectivity index (χ2n) is 2.44. The van der Waals surface area contributed by atoms with Gasteiger partial charge in [-0.1, -0.05) is 23.7 Å². The van der Waals surface area contributed by atoms with Crippen LogP contribution in [0.3, 0.4) is 0 Å². The molecule has 5 heteroatoms. The summed E-state index contributed by atoms with van der Waals surface area (Å²) in [5, 5.41) is 9.01. The van der Waals surface area contributed by atoms with Crippen LogP contribution in [0.15, 0.2) is 29.3 Å². The summed E-state index contributed by atoms with van der Waals surface area (Å²) in [5.41, 5.74) is 7.94. The number of guanidine groups is 1. The SMILES string of the molecule is NC(=NCc1ccc(Cl)cc1)NO. The molecule has 0 saturated carbocycles. The first kappa shape index (κ1) is 9.83. The van der Waals surface area contributed by atoms with Crippen LogP contribution in [0.1, 0.15) is 5.56 Å². The molecule has 1 aromatic carbocycles. The van der Waals surface area contributed by atoms with Crippen molar-refractivity contribution in [1.82, 2.24) is 5.48 Å². The lowest BCUT2D eigenvalue weighted by atomic mass is 10.2. The van der Waals surface area contributed by atoms with E-state index in [4.69, 9.17) is 22.5 Å².